The summed E-state index contributed by atoms with van der Waals surface area (Å²) < 4.78 is 31.3. The molecule has 0 bridgehead atoms. The summed E-state index contributed by atoms with van der Waals surface area (Å²) in [4.78, 5) is 8.41. The molecule has 0 radical (unpaired) electrons. The molecule has 7 nitrogen and oxygen atoms in total. The Morgan fingerprint density at radius 2 is 2.03 bits per heavy atom. The van der Waals surface area contributed by atoms with Crippen molar-refractivity contribution in [2.45, 2.75) is 23.9 Å². The fourth-order valence-electron chi connectivity index (χ4n) is 3.67. The average Bonchev–Trinajstić information content (AvgIpc) is 3.41. The third-order valence-corrected chi connectivity index (χ3v) is 8.06. The van der Waals surface area contributed by atoms with Crippen LogP contribution in [0.3, 0.4) is 0 Å². The van der Waals surface area contributed by atoms with Crippen LogP contribution in [0.2, 0.25) is 10.0 Å². The topological polar surface area (TPSA) is 78.4 Å². The summed E-state index contributed by atoms with van der Waals surface area (Å²) in [5, 5.41) is 1.37. The second-order valence-electron chi connectivity index (χ2n) is 7.35. The van der Waals surface area contributed by atoms with Gasteiger partial charge in [-0.05, 0) is 36.2 Å². The van der Waals surface area contributed by atoms with E-state index in [1.807, 2.05) is 31.3 Å². The maximum Gasteiger partial charge on any atom is 0.263 e. The molecule has 3 aromatic rings. The number of nitrogens with zero attached hydrogens (tertiary/aromatic N) is 4. The van der Waals surface area contributed by atoms with Crippen molar-refractivity contribution in [1.29, 1.82) is 0 Å². The molecule has 11 heteroatoms. The quantitative estimate of drug-likeness (QED) is 0.522. The Morgan fingerprint density at radius 3 is 2.74 bits per heavy atom. The average molecular weight is 498 g/mol. The molecule has 1 aromatic heterocycles. The van der Waals surface area contributed by atoms with Crippen LogP contribution in [0.25, 0.3) is 0 Å². The van der Waals surface area contributed by atoms with Crippen molar-refractivity contribution in [3.05, 3.63) is 64.4 Å². The number of sulfonamides is 1. The van der Waals surface area contributed by atoms with Crippen molar-refractivity contribution >= 4 is 55.6 Å². The van der Waals surface area contributed by atoms with Gasteiger partial charge in [0.2, 0.25) is 5.13 Å². The van der Waals surface area contributed by atoms with E-state index in [0.717, 1.165) is 53.9 Å². The molecule has 1 N–H and O–H groups in total. The SMILES string of the molecule is CN(c1ccc(S(=O)(=O)Nc2ncns2)cc1Cl)C1CCN(Cc2ccccc2Cl)C1. The summed E-state index contributed by atoms with van der Waals surface area (Å²) in [7, 11) is -1.80. The highest BCUT2D eigenvalue weighted by atomic mass is 35.5. The predicted molar refractivity (Wildman–Crippen MR) is 126 cm³/mol. The number of rotatable bonds is 7. The van der Waals surface area contributed by atoms with Gasteiger partial charge in [0.25, 0.3) is 10.0 Å². The summed E-state index contributed by atoms with van der Waals surface area (Å²) in [5.74, 6) is 0. The lowest BCUT2D eigenvalue weighted by Crippen LogP contribution is -2.34. The number of anilines is 2. The molecule has 31 heavy (non-hydrogen) atoms. The standard InChI is InChI=1S/C20H21Cl2N5O2S2/c1-26(15-8-9-27(12-15)11-14-4-2-3-5-17(14)21)19-7-6-16(10-18(19)22)31(28,29)25-20-23-13-24-30-20/h2-7,10,13,15H,8-9,11-12H2,1H3,(H,23,24,25). The van der Waals surface area contributed by atoms with Crippen molar-refractivity contribution in [1.82, 2.24) is 14.3 Å². The normalized spacial score (nSPS) is 17.1. The van der Waals surface area contributed by atoms with Crippen LogP contribution in [0.5, 0.6) is 0 Å². The number of likely N-dealkylation sites (N-methyl/N-ethyl adjacent to an activating group) is 1. The summed E-state index contributed by atoms with van der Waals surface area (Å²) >= 11 is 13.8. The van der Waals surface area contributed by atoms with Gasteiger partial charge in [-0.1, -0.05) is 41.4 Å². The highest BCUT2D eigenvalue weighted by Crippen LogP contribution is 2.32. The van der Waals surface area contributed by atoms with E-state index >= 15 is 0 Å². The molecule has 0 saturated carbocycles. The van der Waals surface area contributed by atoms with Crippen molar-refractivity contribution in [2.24, 2.45) is 0 Å². The highest BCUT2D eigenvalue weighted by Gasteiger charge is 2.28. The summed E-state index contributed by atoms with van der Waals surface area (Å²) in [6, 6.07) is 12.9. The van der Waals surface area contributed by atoms with Crippen molar-refractivity contribution in [2.75, 3.05) is 29.8 Å². The zero-order valence-electron chi connectivity index (χ0n) is 16.7. The molecule has 0 amide bonds. The van der Waals surface area contributed by atoms with Gasteiger partial charge in [-0.25, -0.2) is 13.4 Å². The van der Waals surface area contributed by atoms with Crippen LogP contribution in [0.1, 0.15) is 12.0 Å². The number of likely N-dealkylation sites (tertiary alicyclic amines) is 1. The smallest absolute Gasteiger partial charge is 0.263 e. The van der Waals surface area contributed by atoms with Gasteiger partial charge in [0.05, 0.1) is 15.6 Å². The summed E-state index contributed by atoms with van der Waals surface area (Å²) in [6.07, 6.45) is 2.28. The minimum atomic E-state index is -3.78. The zero-order chi connectivity index (χ0) is 22.0. The first-order chi connectivity index (χ1) is 14.8. The van der Waals surface area contributed by atoms with Crippen molar-refractivity contribution in [3.63, 3.8) is 0 Å². The fraction of sp³-hybridized carbons (Fsp3) is 0.300. The molecule has 164 valence electrons. The molecular formula is C20H21Cl2N5O2S2. The van der Waals surface area contributed by atoms with Crippen molar-refractivity contribution < 1.29 is 8.42 Å². The lowest BCUT2D eigenvalue weighted by atomic mass is 10.2. The van der Waals surface area contributed by atoms with Gasteiger partial charge in [-0.15, -0.1) is 0 Å². The molecule has 1 atom stereocenters. The molecule has 1 aliphatic rings. The van der Waals surface area contributed by atoms with E-state index in [9.17, 15) is 8.42 Å². The molecule has 1 saturated heterocycles. The summed E-state index contributed by atoms with van der Waals surface area (Å²) in [5.41, 5.74) is 1.91. The minimum absolute atomic E-state index is 0.0802. The molecule has 1 unspecified atom stereocenters. The van der Waals surface area contributed by atoms with Crippen LogP contribution in [0, 0.1) is 0 Å². The monoisotopic (exact) mass is 497 g/mol. The van der Waals surface area contributed by atoms with Gasteiger partial charge >= 0.3 is 0 Å². The molecule has 0 spiro atoms. The van der Waals surface area contributed by atoms with E-state index < -0.39 is 10.0 Å². The van der Waals surface area contributed by atoms with Crippen LogP contribution in [0.15, 0.2) is 53.7 Å². The summed E-state index contributed by atoms with van der Waals surface area (Å²) in [6.45, 7) is 2.62. The molecular weight excluding hydrogens is 477 g/mol. The van der Waals surface area contributed by atoms with Gasteiger partial charge in [-0.3, -0.25) is 9.62 Å². The van der Waals surface area contributed by atoms with Crippen LogP contribution in [-0.4, -0.2) is 48.9 Å². The fourth-order valence-corrected chi connectivity index (χ4v) is 5.93. The van der Waals surface area contributed by atoms with E-state index in [1.165, 1.54) is 12.4 Å². The van der Waals surface area contributed by atoms with Gasteiger partial charge in [0.1, 0.15) is 6.33 Å². The molecule has 4 rings (SSSR count). The lowest BCUT2D eigenvalue weighted by molar-refractivity contribution is 0.326. The number of benzene rings is 2. The largest absolute Gasteiger partial charge is 0.369 e. The number of hydrogen-bond donors (Lipinski definition) is 1. The van der Waals surface area contributed by atoms with E-state index in [-0.39, 0.29) is 16.1 Å². The molecule has 1 fully saturated rings. The number of nitrogens with one attached hydrogen (secondary N) is 1. The third kappa shape index (κ3) is 5.12. The Balaban J connectivity index is 1.44. The van der Waals surface area contributed by atoms with Gasteiger partial charge < -0.3 is 4.90 Å². The Kier molecular flexibility index (Phi) is 6.68. The zero-order valence-corrected chi connectivity index (χ0v) is 19.8. The highest BCUT2D eigenvalue weighted by molar-refractivity contribution is 7.93. The van der Waals surface area contributed by atoms with E-state index in [1.54, 1.807) is 12.1 Å². The first kappa shape index (κ1) is 22.3. The maximum absolute atomic E-state index is 12.6. The van der Waals surface area contributed by atoms with Gasteiger partial charge in [0, 0.05) is 49.3 Å². The van der Waals surface area contributed by atoms with Crippen LogP contribution < -0.4 is 9.62 Å². The second kappa shape index (κ2) is 9.30. The Hall–Kier alpha value is -1.91. The van der Waals surface area contributed by atoms with Crippen LogP contribution >= 0.6 is 34.7 Å². The Labute approximate surface area is 195 Å². The first-order valence-electron chi connectivity index (χ1n) is 9.61. The van der Waals surface area contributed by atoms with E-state index in [2.05, 4.69) is 23.9 Å². The predicted octanol–water partition coefficient (Wildman–Crippen LogP) is 4.36. The number of halogens is 2. The molecule has 0 aliphatic carbocycles. The van der Waals surface area contributed by atoms with E-state index in [0.29, 0.717) is 5.02 Å². The number of hydrogen-bond acceptors (Lipinski definition) is 7. The van der Waals surface area contributed by atoms with E-state index in [4.69, 9.17) is 23.2 Å². The number of aromatic nitrogens is 2. The van der Waals surface area contributed by atoms with Crippen LogP contribution in [0.4, 0.5) is 10.8 Å². The second-order valence-corrected chi connectivity index (χ2v) is 10.6. The maximum atomic E-state index is 12.6. The molecule has 2 aromatic carbocycles. The van der Waals surface area contributed by atoms with Crippen LogP contribution in [-0.2, 0) is 16.6 Å². The van der Waals surface area contributed by atoms with Gasteiger partial charge in [0.15, 0.2) is 0 Å². The minimum Gasteiger partial charge on any atom is -0.369 e. The van der Waals surface area contributed by atoms with Crippen molar-refractivity contribution in [3.8, 4) is 0 Å². The Morgan fingerprint density at radius 1 is 1.23 bits per heavy atom. The lowest BCUT2D eigenvalue weighted by Gasteiger charge is -2.28. The first-order valence-corrected chi connectivity index (χ1v) is 12.6. The molecule has 1 aliphatic heterocycles. The van der Waals surface area contributed by atoms with Gasteiger partial charge in [-0.2, -0.15) is 4.37 Å². The Bertz CT molecular complexity index is 1160. The third-order valence-electron chi connectivity index (χ3n) is 5.34. The molecule has 2 heterocycles.